The Labute approximate surface area is 175 Å². The third kappa shape index (κ3) is 7.97. The highest BCUT2D eigenvalue weighted by molar-refractivity contribution is 5.70. The van der Waals surface area contributed by atoms with Crippen LogP contribution in [0.15, 0.2) is 60.7 Å². The van der Waals surface area contributed by atoms with E-state index in [1.165, 1.54) is 0 Å². The van der Waals surface area contributed by atoms with E-state index in [4.69, 9.17) is 15.6 Å². The lowest BCUT2D eigenvalue weighted by Crippen LogP contribution is -2.41. The number of carbonyl (C=O) groups is 1. The fourth-order valence-electron chi connectivity index (χ4n) is 3.02. The topological polar surface area (TPSA) is 56.8 Å². The molecule has 4 atom stereocenters. The SMILES string of the molecule is [2H][C@@H](C(=O)OC(C)(C)C)[C@H](N[C@H](C)c1ccccc1)[C@@H](OCOC)c1ccccc1. The van der Waals surface area contributed by atoms with Crippen molar-refractivity contribution in [2.24, 2.45) is 0 Å². The van der Waals surface area contributed by atoms with Gasteiger partial charge >= 0.3 is 5.97 Å². The van der Waals surface area contributed by atoms with Gasteiger partial charge in [0.1, 0.15) is 18.5 Å². The van der Waals surface area contributed by atoms with Crippen LogP contribution in [0.25, 0.3) is 0 Å². The van der Waals surface area contributed by atoms with Crippen LogP contribution in [-0.4, -0.2) is 31.5 Å². The third-order valence-electron chi connectivity index (χ3n) is 4.28. The fraction of sp³-hybridized carbons (Fsp3) is 0.458. The predicted molar refractivity (Wildman–Crippen MR) is 114 cm³/mol. The third-order valence-corrected chi connectivity index (χ3v) is 4.28. The van der Waals surface area contributed by atoms with Gasteiger partial charge in [-0.25, -0.2) is 0 Å². The van der Waals surface area contributed by atoms with Crippen molar-refractivity contribution >= 4 is 5.97 Å². The molecule has 0 aromatic heterocycles. The molecule has 0 amide bonds. The molecule has 0 fully saturated rings. The second kappa shape index (κ2) is 11.1. The van der Waals surface area contributed by atoms with Gasteiger partial charge in [-0.1, -0.05) is 60.7 Å². The van der Waals surface area contributed by atoms with E-state index < -0.39 is 30.1 Å². The summed E-state index contributed by atoms with van der Waals surface area (Å²) in [5, 5.41) is 3.44. The van der Waals surface area contributed by atoms with E-state index in [0.717, 1.165) is 11.1 Å². The molecule has 0 aliphatic rings. The second-order valence-corrected chi connectivity index (χ2v) is 7.93. The molecule has 5 heteroatoms. The summed E-state index contributed by atoms with van der Waals surface area (Å²) < 4.78 is 25.3. The maximum absolute atomic E-state index is 12.8. The Kier molecular flexibility index (Phi) is 8.23. The van der Waals surface area contributed by atoms with Crippen molar-refractivity contribution in [3.63, 3.8) is 0 Å². The average Bonchev–Trinajstić information content (AvgIpc) is 2.72. The van der Waals surface area contributed by atoms with Gasteiger partial charge < -0.3 is 19.5 Å². The zero-order valence-corrected chi connectivity index (χ0v) is 17.9. The first kappa shape index (κ1) is 21.5. The Balaban J connectivity index is 2.37. The first-order chi connectivity index (χ1) is 14.2. The standard InChI is InChI=1S/C24H33NO4/c1-18(19-12-8-6-9-13-19)25-21(16-22(26)29-24(2,3)4)23(28-17-27-5)20-14-10-7-11-15-20/h6-15,18,21,23,25H,16-17H2,1-5H3/t18-,21+,23+/m1/s1/i16D/t16-,18-,21+,23+. The van der Waals surface area contributed by atoms with Crippen LogP contribution in [0.4, 0.5) is 0 Å². The Hall–Kier alpha value is -2.21. The van der Waals surface area contributed by atoms with Crippen molar-refractivity contribution in [2.75, 3.05) is 13.9 Å². The molecule has 0 spiro atoms. The molecule has 0 radical (unpaired) electrons. The Bertz CT molecular complexity index is 764. The molecule has 1 N–H and O–H groups in total. The van der Waals surface area contributed by atoms with Crippen molar-refractivity contribution in [3.8, 4) is 0 Å². The van der Waals surface area contributed by atoms with Crippen molar-refractivity contribution in [3.05, 3.63) is 71.8 Å². The predicted octanol–water partition coefficient (Wildman–Crippen LogP) is 4.80. The number of rotatable bonds is 10. The highest BCUT2D eigenvalue weighted by Gasteiger charge is 2.30. The summed E-state index contributed by atoms with van der Waals surface area (Å²) in [5.41, 5.74) is 1.23. The number of benzene rings is 2. The molecular weight excluding hydrogens is 366 g/mol. The summed E-state index contributed by atoms with van der Waals surface area (Å²) in [5.74, 6) is -0.595. The summed E-state index contributed by atoms with van der Waals surface area (Å²) in [7, 11) is 1.54. The van der Waals surface area contributed by atoms with Gasteiger partial charge in [-0.3, -0.25) is 4.79 Å². The maximum Gasteiger partial charge on any atom is 0.308 e. The molecule has 5 nitrogen and oxygen atoms in total. The molecule has 0 heterocycles. The van der Waals surface area contributed by atoms with Gasteiger partial charge in [-0.2, -0.15) is 0 Å². The highest BCUT2D eigenvalue weighted by Crippen LogP contribution is 2.27. The van der Waals surface area contributed by atoms with Crippen molar-refractivity contribution in [2.45, 2.75) is 57.9 Å². The van der Waals surface area contributed by atoms with Crippen LogP contribution in [0.3, 0.4) is 0 Å². The first-order valence-electron chi connectivity index (χ1n) is 10.4. The summed E-state index contributed by atoms with van der Waals surface area (Å²) in [6.45, 7) is 7.43. The lowest BCUT2D eigenvalue weighted by Gasteiger charge is -2.31. The summed E-state index contributed by atoms with van der Waals surface area (Å²) in [4.78, 5) is 12.8. The molecule has 29 heavy (non-hydrogen) atoms. The summed E-state index contributed by atoms with van der Waals surface area (Å²) in [6, 6.07) is 18.7. The molecular formula is C24H33NO4. The number of hydrogen-bond donors (Lipinski definition) is 1. The number of hydrogen-bond acceptors (Lipinski definition) is 5. The normalized spacial score (nSPS) is 16.4. The molecule has 0 aliphatic carbocycles. The molecule has 158 valence electrons. The molecule has 2 aromatic rings. The molecule has 0 bridgehead atoms. The van der Waals surface area contributed by atoms with Crippen LogP contribution in [0.1, 0.15) is 58.7 Å². The maximum atomic E-state index is 12.8. The quantitative estimate of drug-likeness (QED) is 0.459. The molecule has 0 aliphatic heterocycles. The molecule has 2 rings (SSSR count). The van der Waals surface area contributed by atoms with Crippen LogP contribution < -0.4 is 5.32 Å². The minimum absolute atomic E-state index is 0.0402. The Morgan fingerprint density at radius 3 is 2.10 bits per heavy atom. The zero-order valence-electron chi connectivity index (χ0n) is 18.9. The highest BCUT2D eigenvalue weighted by atomic mass is 16.7. The van der Waals surface area contributed by atoms with Crippen LogP contribution in [-0.2, 0) is 19.0 Å². The van der Waals surface area contributed by atoms with Gasteiger partial charge in [-0.15, -0.1) is 0 Å². The van der Waals surface area contributed by atoms with E-state index in [2.05, 4.69) is 5.32 Å². The van der Waals surface area contributed by atoms with E-state index in [-0.39, 0.29) is 12.8 Å². The van der Waals surface area contributed by atoms with Gasteiger partial charge in [0.2, 0.25) is 0 Å². The number of esters is 1. The average molecular weight is 401 g/mol. The van der Waals surface area contributed by atoms with Crippen molar-refractivity contribution in [1.29, 1.82) is 0 Å². The largest absolute Gasteiger partial charge is 0.460 e. The number of ether oxygens (including phenoxy) is 3. The Morgan fingerprint density at radius 1 is 1.03 bits per heavy atom. The van der Waals surface area contributed by atoms with Crippen molar-refractivity contribution < 1.29 is 20.4 Å². The number of carbonyl (C=O) groups excluding carboxylic acids is 1. The van der Waals surface area contributed by atoms with Gasteiger partial charge in [-0.05, 0) is 38.8 Å². The summed E-state index contributed by atoms with van der Waals surface area (Å²) in [6.07, 6.45) is -1.77. The lowest BCUT2D eigenvalue weighted by molar-refractivity contribution is -0.157. The summed E-state index contributed by atoms with van der Waals surface area (Å²) >= 11 is 0. The van der Waals surface area contributed by atoms with E-state index in [9.17, 15) is 4.79 Å². The van der Waals surface area contributed by atoms with E-state index in [1.54, 1.807) is 27.9 Å². The van der Waals surface area contributed by atoms with Crippen molar-refractivity contribution in [1.82, 2.24) is 5.32 Å². The first-order valence-corrected chi connectivity index (χ1v) is 9.84. The number of methoxy groups -OCH3 is 1. The van der Waals surface area contributed by atoms with E-state index in [0.29, 0.717) is 0 Å². The van der Waals surface area contributed by atoms with E-state index >= 15 is 0 Å². The van der Waals surface area contributed by atoms with Gasteiger partial charge in [0.25, 0.3) is 0 Å². The van der Waals surface area contributed by atoms with Crippen LogP contribution in [0.2, 0.25) is 0 Å². The molecule has 0 saturated carbocycles. The van der Waals surface area contributed by atoms with Gasteiger partial charge in [0.15, 0.2) is 0 Å². The minimum atomic E-state index is -1.20. The number of nitrogens with one attached hydrogen (secondary N) is 1. The lowest BCUT2D eigenvalue weighted by atomic mass is 9.97. The molecule has 2 aromatic carbocycles. The second-order valence-electron chi connectivity index (χ2n) is 7.93. The van der Waals surface area contributed by atoms with Gasteiger partial charge in [0, 0.05) is 20.6 Å². The monoisotopic (exact) mass is 400 g/mol. The van der Waals surface area contributed by atoms with Crippen LogP contribution >= 0.6 is 0 Å². The van der Waals surface area contributed by atoms with E-state index in [1.807, 2.05) is 67.6 Å². The van der Waals surface area contributed by atoms with Gasteiger partial charge in [0.05, 0.1) is 6.40 Å². The molecule has 0 saturated heterocycles. The van der Waals surface area contributed by atoms with Crippen LogP contribution in [0.5, 0.6) is 0 Å². The zero-order chi connectivity index (χ0) is 22.1. The molecule has 0 unspecified atom stereocenters. The Morgan fingerprint density at radius 2 is 1.59 bits per heavy atom. The minimum Gasteiger partial charge on any atom is -0.460 e. The fourth-order valence-corrected chi connectivity index (χ4v) is 3.02. The smallest absolute Gasteiger partial charge is 0.308 e. The van der Waals surface area contributed by atoms with Crippen LogP contribution in [0, 0.1) is 0 Å².